The first kappa shape index (κ1) is 14.3. The zero-order valence-electron chi connectivity index (χ0n) is 9.91. The minimum Gasteiger partial charge on any atom is -0.504 e. The average Bonchev–Trinajstić information content (AvgIpc) is 2.21. The number of benzene rings is 1. The molecule has 0 aromatic heterocycles. The number of phenols is 2. The second-order valence-electron chi connectivity index (χ2n) is 3.92. The van der Waals surface area contributed by atoms with E-state index in [1.165, 1.54) is 12.1 Å². The summed E-state index contributed by atoms with van der Waals surface area (Å²) in [6.45, 7) is 3.74. The lowest BCUT2D eigenvalue weighted by molar-refractivity contribution is 0.352. The summed E-state index contributed by atoms with van der Waals surface area (Å²) in [6, 6.07) is 2.61. The highest BCUT2D eigenvalue weighted by Gasteiger charge is 2.18. The van der Waals surface area contributed by atoms with Crippen molar-refractivity contribution in [2.24, 2.45) is 0 Å². The van der Waals surface area contributed by atoms with Gasteiger partial charge in [-0.2, -0.15) is 8.42 Å². The number of hydrogen-bond donors (Lipinski definition) is 3. The van der Waals surface area contributed by atoms with Crippen LogP contribution in [0.4, 0.5) is 0 Å². The van der Waals surface area contributed by atoms with Crippen molar-refractivity contribution in [1.82, 2.24) is 0 Å². The Morgan fingerprint density at radius 3 is 2.44 bits per heavy atom. The normalized spacial score (nSPS) is 11.1. The van der Waals surface area contributed by atoms with Gasteiger partial charge in [-0.3, -0.25) is 4.55 Å². The first-order valence-corrected chi connectivity index (χ1v) is 6.41. The Bertz CT molecular complexity index is 569. The molecule has 0 radical (unpaired) electrons. The molecule has 0 fully saturated rings. The van der Waals surface area contributed by atoms with E-state index in [0.717, 1.165) is 5.57 Å². The molecule has 0 saturated heterocycles. The molecule has 0 aliphatic carbocycles. The predicted molar refractivity (Wildman–Crippen MR) is 65.1 cm³/mol. The van der Waals surface area contributed by atoms with Crippen molar-refractivity contribution in [1.29, 1.82) is 0 Å². The summed E-state index contributed by atoms with van der Waals surface area (Å²) in [5.74, 6) is -1.78. The molecular formula is C11H14O6S. The van der Waals surface area contributed by atoms with E-state index in [-0.39, 0.29) is 0 Å². The van der Waals surface area contributed by atoms with Crippen LogP contribution in [0.5, 0.6) is 17.2 Å². The maximum absolute atomic E-state index is 10.6. The highest BCUT2D eigenvalue weighted by molar-refractivity contribution is 7.81. The third-order valence-corrected chi connectivity index (χ3v) is 2.49. The Hall–Kier alpha value is -1.73. The van der Waals surface area contributed by atoms with Crippen molar-refractivity contribution in [3.63, 3.8) is 0 Å². The number of hydrogen-bond acceptors (Lipinski definition) is 5. The fourth-order valence-electron chi connectivity index (χ4n) is 1.27. The Morgan fingerprint density at radius 2 is 1.94 bits per heavy atom. The summed E-state index contributed by atoms with van der Waals surface area (Å²) >= 11 is 0. The van der Waals surface area contributed by atoms with Gasteiger partial charge in [0, 0.05) is 5.56 Å². The van der Waals surface area contributed by atoms with Crippen LogP contribution in [0.1, 0.15) is 19.4 Å². The molecule has 100 valence electrons. The summed E-state index contributed by atoms with van der Waals surface area (Å²) in [6.07, 6.45) is 2.15. The minimum atomic E-state index is -4.81. The molecule has 0 heterocycles. The van der Waals surface area contributed by atoms with Gasteiger partial charge in [0.25, 0.3) is 0 Å². The molecule has 7 heteroatoms. The molecule has 0 spiro atoms. The smallest absolute Gasteiger partial charge is 0.446 e. The van der Waals surface area contributed by atoms with Crippen LogP contribution < -0.4 is 4.18 Å². The lowest BCUT2D eigenvalue weighted by atomic mass is 10.1. The van der Waals surface area contributed by atoms with E-state index < -0.39 is 27.6 Å². The van der Waals surface area contributed by atoms with E-state index in [0.29, 0.717) is 12.0 Å². The van der Waals surface area contributed by atoms with Crippen LogP contribution in [0.25, 0.3) is 0 Å². The number of phenolic OH excluding ortho intramolecular Hbond substituents is 2. The van der Waals surface area contributed by atoms with Crippen molar-refractivity contribution in [3.8, 4) is 17.2 Å². The number of allylic oxidation sites excluding steroid dienone is 2. The molecule has 6 nitrogen and oxygen atoms in total. The van der Waals surface area contributed by atoms with Crippen molar-refractivity contribution in [2.75, 3.05) is 0 Å². The van der Waals surface area contributed by atoms with Crippen LogP contribution in [0.15, 0.2) is 23.8 Å². The van der Waals surface area contributed by atoms with Crippen LogP contribution in [-0.4, -0.2) is 23.2 Å². The molecular weight excluding hydrogens is 260 g/mol. The maximum Gasteiger partial charge on any atom is 0.446 e. The Labute approximate surface area is 105 Å². The van der Waals surface area contributed by atoms with E-state index in [4.69, 9.17) is 4.55 Å². The van der Waals surface area contributed by atoms with Crippen LogP contribution in [0.2, 0.25) is 0 Å². The second-order valence-corrected chi connectivity index (χ2v) is 4.94. The van der Waals surface area contributed by atoms with E-state index in [1.807, 2.05) is 19.9 Å². The molecule has 0 unspecified atom stereocenters. The van der Waals surface area contributed by atoms with Crippen LogP contribution >= 0.6 is 0 Å². The van der Waals surface area contributed by atoms with Crippen molar-refractivity contribution >= 4 is 10.4 Å². The topological polar surface area (TPSA) is 104 Å². The van der Waals surface area contributed by atoms with Crippen LogP contribution in [0, 0.1) is 0 Å². The summed E-state index contributed by atoms with van der Waals surface area (Å²) in [5.41, 5.74) is 1.38. The molecule has 0 bridgehead atoms. The fraction of sp³-hybridized carbons (Fsp3) is 0.273. The third kappa shape index (κ3) is 3.94. The van der Waals surface area contributed by atoms with E-state index >= 15 is 0 Å². The summed E-state index contributed by atoms with van der Waals surface area (Å²) in [5, 5.41) is 19.1. The fourth-order valence-corrected chi connectivity index (χ4v) is 1.64. The SMILES string of the molecule is CC(C)=CCc1ccc(O)c(OS(=O)(=O)O)c1O. The molecule has 1 aromatic rings. The monoisotopic (exact) mass is 274 g/mol. The van der Waals surface area contributed by atoms with E-state index in [2.05, 4.69) is 4.18 Å². The van der Waals surface area contributed by atoms with E-state index in [1.54, 1.807) is 0 Å². The number of aromatic hydroxyl groups is 2. The largest absolute Gasteiger partial charge is 0.504 e. The first-order chi connectivity index (χ1) is 8.20. The van der Waals surface area contributed by atoms with Gasteiger partial charge in [-0.05, 0) is 26.3 Å². The molecule has 0 aliphatic rings. The second kappa shape index (κ2) is 5.28. The van der Waals surface area contributed by atoms with Gasteiger partial charge in [-0.1, -0.05) is 17.7 Å². The molecule has 1 rings (SSSR count). The Balaban J connectivity index is 3.18. The van der Waals surface area contributed by atoms with Crippen LogP contribution in [-0.2, 0) is 16.8 Å². The van der Waals surface area contributed by atoms with Gasteiger partial charge in [0.2, 0.25) is 5.75 Å². The third-order valence-electron chi connectivity index (χ3n) is 2.11. The highest BCUT2D eigenvalue weighted by Crippen LogP contribution is 2.39. The summed E-state index contributed by atoms with van der Waals surface area (Å²) in [7, 11) is -4.81. The molecule has 3 N–H and O–H groups in total. The lowest BCUT2D eigenvalue weighted by Gasteiger charge is -2.09. The average molecular weight is 274 g/mol. The van der Waals surface area contributed by atoms with Gasteiger partial charge in [0.05, 0.1) is 0 Å². The van der Waals surface area contributed by atoms with Crippen LogP contribution in [0.3, 0.4) is 0 Å². The molecule has 18 heavy (non-hydrogen) atoms. The standard InChI is InChI=1S/C11H14O6S/c1-7(2)3-4-8-5-6-9(12)11(10(8)13)17-18(14,15)16/h3,5-6,12-13H,4H2,1-2H3,(H,14,15,16). The molecule has 0 amide bonds. The highest BCUT2D eigenvalue weighted by atomic mass is 32.3. The van der Waals surface area contributed by atoms with Gasteiger partial charge in [0.1, 0.15) is 0 Å². The Morgan fingerprint density at radius 1 is 1.33 bits per heavy atom. The summed E-state index contributed by atoms with van der Waals surface area (Å²) in [4.78, 5) is 0. The quantitative estimate of drug-likeness (QED) is 0.571. The van der Waals surface area contributed by atoms with Crippen molar-refractivity contribution in [3.05, 3.63) is 29.3 Å². The molecule has 0 atom stereocenters. The van der Waals surface area contributed by atoms with Gasteiger partial charge in [-0.15, -0.1) is 0 Å². The van der Waals surface area contributed by atoms with Gasteiger partial charge < -0.3 is 14.4 Å². The lowest BCUT2D eigenvalue weighted by Crippen LogP contribution is -2.07. The van der Waals surface area contributed by atoms with Gasteiger partial charge >= 0.3 is 10.4 Å². The van der Waals surface area contributed by atoms with Crippen molar-refractivity contribution in [2.45, 2.75) is 20.3 Å². The summed E-state index contributed by atoms with van der Waals surface area (Å²) < 4.78 is 33.8. The molecule has 0 saturated carbocycles. The van der Waals surface area contributed by atoms with Gasteiger partial charge in [0.15, 0.2) is 11.5 Å². The number of rotatable bonds is 4. The minimum absolute atomic E-state index is 0.344. The van der Waals surface area contributed by atoms with E-state index in [9.17, 15) is 18.6 Å². The van der Waals surface area contributed by atoms with Crippen molar-refractivity contribution < 1.29 is 27.4 Å². The zero-order valence-corrected chi connectivity index (χ0v) is 10.7. The predicted octanol–water partition coefficient (Wildman–Crippen LogP) is 1.79. The zero-order chi connectivity index (χ0) is 13.9. The Kier molecular flexibility index (Phi) is 4.20. The molecule has 0 aliphatic heterocycles. The first-order valence-electron chi connectivity index (χ1n) is 5.05. The maximum atomic E-state index is 10.6. The van der Waals surface area contributed by atoms with Gasteiger partial charge in [-0.25, -0.2) is 0 Å². The molecule has 1 aromatic carbocycles.